The van der Waals surface area contributed by atoms with Gasteiger partial charge in [0.25, 0.3) is 0 Å². The van der Waals surface area contributed by atoms with Gasteiger partial charge in [-0.1, -0.05) is 19.3 Å². The number of hydrogen-bond donors (Lipinski definition) is 1. The molecule has 1 atom stereocenters. The quantitative estimate of drug-likeness (QED) is 0.416. The lowest BCUT2D eigenvalue weighted by molar-refractivity contribution is -0.157. The molecule has 172 valence electrons. The van der Waals surface area contributed by atoms with Crippen molar-refractivity contribution in [1.82, 2.24) is 4.90 Å². The van der Waals surface area contributed by atoms with Gasteiger partial charge in [-0.3, -0.25) is 14.5 Å². The van der Waals surface area contributed by atoms with E-state index in [1.54, 1.807) is 13.8 Å². The number of carbonyl (C=O) groups excluding carboxylic acids is 3. The summed E-state index contributed by atoms with van der Waals surface area (Å²) in [5.41, 5.74) is 6.01. The Hall–Kier alpha value is -1.36. The standard InChI is InChI=1S/C20H34N2O7S/c1-20(2,16(21)18(24)27-13-10-22-8-11-26-12-9-22)30-19(25)29-14-28-17(23)15-6-4-3-5-7-15/h15-16H,3-14,21H2,1-2H3/t16-/m0/s1. The summed E-state index contributed by atoms with van der Waals surface area (Å²) in [5, 5.41) is -0.659. The molecule has 0 unspecified atom stereocenters. The minimum atomic E-state index is -1.01. The van der Waals surface area contributed by atoms with Gasteiger partial charge in [-0.25, -0.2) is 4.79 Å². The van der Waals surface area contributed by atoms with Gasteiger partial charge < -0.3 is 24.7 Å². The van der Waals surface area contributed by atoms with E-state index in [2.05, 4.69) is 4.90 Å². The third-order valence-electron chi connectivity index (χ3n) is 5.42. The van der Waals surface area contributed by atoms with Crippen LogP contribution in [0.1, 0.15) is 46.0 Å². The number of hydrogen-bond acceptors (Lipinski definition) is 10. The van der Waals surface area contributed by atoms with Crippen molar-refractivity contribution in [3.8, 4) is 0 Å². The largest absolute Gasteiger partial charge is 0.463 e. The van der Waals surface area contributed by atoms with Crippen molar-refractivity contribution in [1.29, 1.82) is 0 Å². The molecule has 0 aromatic carbocycles. The van der Waals surface area contributed by atoms with Crippen molar-refractivity contribution in [2.45, 2.75) is 56.7 Å². The molecular formula is C20H34N2O7S. The van der Waals surface area contributed by atoms with Crippen LogP contribution in [0.2, 0.25) is 0 Å². The van der Waals surface area contributed by atoms with Crippen molar-refractivity contribution >= 4 is 29.0 Å². The highest BCUT2D eigenvalue weighted by atomic mass is 32.2. The molecule has 2 N–H and O–H groups in total. The van der Waals surface area contributed by atoms with Crippen LogP contribution in [0, 0.1) is 5.92 Å². The van der Waals surface area contributed by atoms with E-state index in [0.29, 0.717) is 19.8 Å². The van der Waals surface area contributed by atoms with Crippen LogP contribution in [-0.4, -0.2) is 79.2 Å². The van der Waals surface area contributed by atoms with E-state index in [0.717, 1.165) is 57.0 Å². The third-order valence-corrected chi connectivity index (χ3v) is 6.49. The lowest BCUT2D eigenvalue weighted by Gasteiger charge is -2.29. The van der Waals surface area contributed by atoms with Gasteiger partial charge in [0.15, 0.2) is 0 Å². The van der Waals surface area contributed by atoms with E-state index in [1.165, 1.54) is 0 Å². The molecule has 2 aliphatic rings. The summed E-state index contributed by atoms with van der Waals surface area (Å²) < 4.78 is 19.6. The first-order chi connectivity index (χ1) is 14.3. The molecule has 0 spiro atoms. The molecule has 1 heterocycles. The molecule has 0 radical (unpaired) electrons. The van der Waals surface area contributed by atoms with Gasteiger partial charge in [0, 0.05) is 24.4 Å². The number of nitrogens with two attached hydrogens (primary N) is 1. The Morgan fingerprint density at radius 2 is 1.77 bits per heavy atom. The molecule has 1 aliphatic carbocycles. The monoisotopic (exact) mass is 446 g/mol. The smallest absolute Gasteiger partial charge is 0.370 e. The Morgan fingerprint density at radius 1 is 1.10 bits per heavy atom. The summed E-state index contributed by atoms with van der Waals surface area (Å²) in [7, 11) is 0. The van der Waals surface area contributed by atoms with Crippen LogP contribution in [0.25, 0.3) is 0 Å². The van der Waals surface area contributed by atoms with E-state index in [-0.39, 0.29) is 18.5 Å². The van der Waals surface area contributed by atoms with Crippen molar-refractivity contribution in [3.05, 3.63) is 0 Å². The third kappa shape index (κ3) is 8.41. The Balaban J connectivity index is 1.65. The molecule has 10 heteroatoms. The fourth-order valence-electron chi connectivity index (χ4n) is 3.37. The van der Waals surface area contributed by atoms with Crippen molar-refractivity contribution in [2.75, 3.05) is 46.2 Å². The average molecular weight is 447 g/mol. The highest BCUT2D eigenvalue weighted by Crippen LogP contribution is 2.30. The summed E-state index contributed by atoms with van der Waals surface area (Å²) in [6.07, 6.45) is 4.81. The Labute approximate surface area is 182 Å². The maximum Gasteiger partial charge on any atom is 0.370 e. The first-order valence-electron chi connectivity index (χ1n) is 10.5. The number of carbonyl (C=O) groups is 3. The predicted octanol–water partition coefficient (Wildman–Crippen LogP) is 1.92. The number of thioether (sulfide) groups is 1. The number of ether oxygens (including phenoxy) is 4. The second-order valence-electron chi connectivity index (χ2n) is 8.12. The van der Waals surface area contributed by atoms with E-state index >= 15 is 0 Å². The molecular weight excluding hydrogens is 412 g/mol. The summed E-state index contributed by atoms with van der Waals surface area (Å²) >= 11 is 0.782. The van der Waals surface area contributed by atoms with Crippen molar-refractivity contribution in [3.63, 3.8) is 0 Å². The topological polar surface area (TPSA) is 117 Å². The molecule has 0 aromatic heterocycles. The van der Waals surface area contributed by atoms with Crippen LogP contribution in [0.5, 0.6) is 0 Å². The average Bonchev–Trinajstić information content (AvgIpc) is 2.74. The summed E-state index contributed by atoms with van der Waals surface area (Å²) in [6, 6.07) is -1.01. The molecule has 0 aromatic rings. The Morgan fingerprint density at radius 3 is 2.43 bits per heavy atom. The second kappa shape index (κ2) is 12.5. The maximum absolute atomic E-state index is 12.3. The minimum Gasteiger partial charge on any atom is -0.463 e. The highest BCUT2D eigenvalue weighted by molar-refractivity contribution is 8.14. The molecule has 1 aliphatic heterocycles. The lowest BCUT2D eigenvalue weighted by atomic mass is 9.89. The van der Waals surface area contributed by atoms with Crippen molar-refractivity contribution in [2.24, 2.45) is 11.7 Å². The molecule has 2 fully saturated rings. The van der Waals surface area contributed by atoms with Crippen LogP contribution in [0.3, 0.4) is 0 Å². The van der Waals surface area contributed by atoms with Crippen LogP contribution in [0.4, 0.5) is 4.79 Å². The summed E-state index contributed by atoms with van der Waals surface area (Å²) in [4.78, 5) is 38.5. The van der Waals surface area contributed by atoms with E-state index < -0.39 is 28.9 Å². The first kappa shape index (κ1) is 24.9. The van der Waals surface area contributed by atoms with Gasteiger partial charge in [-0.05, 0) is 38.5 Å². The highest BCUT2D eigenvalue weighted by Gasteiger charge is 2.37. The van der Waals surface area contributed by atoms with Gasteiger partial charge in [-0.2, -0.15) is 0 Å². The molecule has 2 rings (SSSR count). The zero-order valence-corrected chi connectivity index (χ0v) is 18.7. The Bertz CT molecular complexity index is 576. The fraction of sp³-hybridized carbons (Fsp3) is 0.850. The minimum absolute atomic E-state index is 0.109. The van der Waals surface area contributed by atoms with Crippen molar-refractivity contribution < 1.29 is 33.3 Å². The predicted molar refractivity (Wildman–Crippen MR) is 112 cm³/mol. The summed E-state index contributed by atoms with van der Waals surface area (Å²) in [6.45, 7) is 6.71. The number of esters is 2. The fourth-order valence-corrected chi connectivity index (χ4v) is 4.13. The number of rotatable bonds is 9. The molecule has 9 nitrogen and oxygen atoms in total. The number of nitrogens with zero attached hydrogens (tertiary/aromatic N) is 1. The van der Waals surface area contributed by atoms with Gasteiger partial charge in [-0.15, -0.1) is 0 Å². The van der Waals surface area contributed by atoms with Gasteiger partial charge >= 0.3 is 17.2 Å². The SMILES string of the molecule is CC(C)(SC(=O)OCOC(=O)C1CCCCC1)[C@@H](N)C(=O)OCCN1CCOCC1. The molecule has 30 heavy (non-hydrogen) atoms. The van der Waals surface area contributed by atoms with Gasteiger partial charge in [0.1, 0.15) is 12.6 Å². The summed E-state index contributed by atoms with van der Waals surface area (Å²) in [5.74, 6) is -1.01. The van der Waals surface area contributed by atoms with Gasteiger partial charge in [0.2, 0.25) is 6.79 Å². The van der Waals surface area contributed by atoms with Crippen LogP contribution in [-0.2, 0) is 28.5 Å². The van der Waals surface area contributed by atoms with E-state index in [4.69, 9.17) is 24.7 Å². The lowest BCUT2D eigenvalue weighted by Crippen LogP contribution is -2.49. The molecule has 0 amide bonds. The zero-order valence-electron chi connectivity index (χ0n) is 17.9. The Kier molecular flexibility index (Phi) is 10.4. The van der Waals surface area contributed by atoms with Crippen LogP contribution >= 0.6 is 11.8 Å². The van der Waals surface area contributed by atoms with E-state index in [1.807, 2.05) is 0 Å². The normalized spacial score (nSPS) is 19.7. The first-order valence-corrected chi connectivity index (χ1v) is 11.4. The molecule has 1 saturated heterocycles. The van der Waals surface area contributed by atoms with Crippen LogP contribution < -0.4 is 5.73 Å². The number of morpholine rings is 1. The van der Waals surface area contributed by atoms with Crippen LogP contribution in [0.15, 0.2) is 0 Å². The van der Waals surface area contributed by atoms with E-state index in [9.17, 15) is 14.4 Å². The van der Waals surface area contributed by atoms with Gasteiger partial charge in [0.05, 0.1) is 19.1 Å². The molecule has 1 saturated carbocycles. The molecule has 0 bridgehead atoms. The zero-order chi connectivity index (χ0) is 22.0. The second-order valence-corrected chi connectivity index (χ2v) is 9.70. The maximum atomic E-state index is 12.3.